The summed E-state index contributed by atoms with van der Waals surface area (Å²) < 4.78 is 6.52. The zero-order valence-corrected chi connectivity index (χ0v) is 12.9. The van der Waals surface area contributed by atoms with E-state index in [4.69, 9.17) is 4.74 Å². The van der Waals surface area contributed by atoms with Crippen LogP contribution >= 0.6 is 27.3 Å². The van der Waals surface area contributed by atoms with E-state index in [9.17, 15) is 4.79 Å². The third kappa shape index (κ3) is 2.62. The minimum absolute atomic E-state index is 0.0000543. The number of ketones is 1. The van der Waals surface area contributed by atoms with Gasteiger partial charge in [0, 0.05) is 0 Å². The summed E-state index contributed by atoms with van der Waals surface area (Å²) >= 11 is 4.98. The van der Waals surface area contributed by atoms with Gasteiger partial charge in [-0.05, 0) is 44.2 Å². The number of benzene rings is 2. The molecule has 1 heterocycles. The SMILES string of the molecule is O=C(COc1ccc2ccccc2c1Br)c1cccs1. The molecule has 3 aromatic rings. The molecule has 3 rings (SSSR count). The monoisotopic (exact) mass is 346 g/mol. The van der Waals surface area contributed by atoms with Gasteiger partial charge in [0.15, 0.2) is 6.61 Å². The smallest absolute Gasteiger partial charge is 0.210 e. The molecule has 1 aromatic heterocycles. The summed E-state index contributed by atoms with van der Waals surface area (Å²) in [7, 11) is 0. The van der Waals surface area contributed by atoms with Gasteiger partial charge < -0.3 is 4.74 Å². The molecule has 0 fully saturated rings. The first-order valence-corrected chi connectivity index (χ1v) is 7.80. The molecule has 0 radical (unpaired) electrons. The van der Waals surface area contributed by atoms with Crippen molar-refractivity contribution in [3.8, 4) is 5.75 Å². The van der Waals surface area contributed by atoms with Crippen LogP contribution in [0, 0.1) is 0 Å². The lowest BCUT2D eigenvalue weighted by Gasteiger charge is -2.09. The van der Waals surface area contributed by atoms with Crippen LogP contribution in [0.1, 0.15) is 9.67 Å². The summed E-state index contributed by atoms with van der Waals surface area (Å²) in [6, 6.07) is 15.6. The molecule has 0 saturated heterocycles. The molecule has 20 heavy (non-hydrogen) atoms. The van der Waals surface area contributed by atoms with E-state index in [-0.39, 0.29) is 12.4 Å². The second-order valence-corrected chi connectivity index (χ2v) is 6.03. The first-order valence-electron chi connectivity index (χ1n) is 6.12. The Hall–Kier alpha value is -1.65. The average Bonchev–Trinajstić information content (AvgIpc) is 3.01. The van der Waals surface area contributed by atoms with Crippen LogP contribution in [0.15, 0.2) is 58.4 Å². The van der Waals surface area contributed by atoms with Crippen LogP contribution < -0.4 is 4.74 Å². The number of hydrogen-bond acceptors (Lipinski definition) is 3. The molecule has 0 aliphatic carbocycles. The van der Waals surface area contributed by atoms with Gasteiger partial charge in [-0.2, -0.15) is 0 Å². The summed E-state index contributed by atoms with van der Waals surface area (Å²) in [5.74, 6) is 0.689. The van der Waals surface area contributed by atoms with Crippen molar-refractivity contribution >= 4 is 43.8 Å². The largest absolute Gasteiger partial charge is 0.484 e. The molecule has 2 aromatic carbocycles. The van der Waals surface area contributed by atoms with Gasteiger partial charge in [0.1, 0.15) is 5.75 Å². The van der Waals surface area contributed by atoms with Crippen LogP contribution in [-0.2, 0) is 0 Å². The fourth-order valence-electron chi connectivity index (χ4n) is 1.98. The zero-order chi connectivity index (χ0) is 13.9. The Kier molecular flexibility index (Phi) is 3.85. The van der Waals surface area contributed by atoms with Gasteiger partial charge >= 0.3 is 0 Å². The molecule has 0 spiro atoms. The maximum atomic E-state index is 11.9. The molecule has 0 aliphatic heterocycles. The predicted molar refractivity (Wildman–Crippen MR) is 85.8 cm³/mol. The van der Waals surface area contributed by atoms with Gasteiger partial charge in [0.25, 0.3) is 0 Å². The first kappa shape index (κ1) is 13.3. The van der Waals surface area contributed by atoms with Crippen molar-refractivity contribution < 1.29 is 9.53 Å². The Balaban J connectivity index is 1.81. The molecule has 0 atom stereocenters. The normalized spacial score (nSPS) is 10.7. The number of rotatable bonds is 4. The molecule has 0 bridgehead atoms. The fraction of sp³-hybridized carbons (Fsp3) is 0.0625. The molecule has 0 aliphatic rings. The molecular weight excluding hydrogens is 336 g/mol. The van der Waals surface area contributed by atoms with Crippen LogP contribution in [0.3, 0.4) is 0 Å². The lowest BCUT2D eigenvalue weighted by atomic mass is 10.1. The van der Waals surface area contributed by atoms with Crippen molar-refractivity contribution in [2.75, 3.05) is 6.61 Å². The minimum Gasteiger partial charge on any atom is -0.484 e. The van der Waals surface area contributed by atoms with E-state index < -0.39 is 0 Å². The number of Topliss-reactive ketones (excluding diaryl/α,β-unsaturated/α-hetero) is 1. The van der Waals surface area contributed by atoms with Gasteiger partial charge in [0.2, 0.25) is 5.78 Å². The highest BCUT2D eigenvalue weighted by Gasteiger charge is 2.10. The van der Waals surface area contributed by atoms with Crippen LogP contribution in [-0.4, -0.2) is 12.4 Å². The van der Waals surface area contributed by atoms with E-state index in [0.717, 1.165) is 20.1 Å². The summed E-state index contributed by atoms with van der Waals surface area (Å²) in [5, 5.41) is 4.10. The fourth-order valence-corrected chi connectivity index (χ4v) is 3.24. The average molecular weight is 347 g/mol. The molecule has 0 unspecified atom stereocenters. The standard InChI is InChI=1S/C16H11BrO2S/c17-16-12-5-2-1-4-11(12)7-8-14(16)19-10-13(18)15-6-3-9-20-15/h1-9H,10H2. The highest BCUT2D eigenvalue weighted by atomic mass is 79.9. The van der Waals surface area contributed by atoms with Crippen LogP contribution in [0.2, 0.25) is 0 Å². The van der Waals surface area contributed by atoms with Crippen LogP contribution in [0.4, 0.5) is 0 Å². The zero-order valence-electron chi connectivity index (χ0n) is 10.5. The van der Waals surface area contributed by atoms with Crippen LogP contribution in [0.25, 0.3) is 10.8 Å². The Bertz CT molecular complexity index is 750. The molecular formula is C16H11BrO2S. The molecule has 100 valence electrons. The van der Waals surface area contributed by atoms with Crippen molar-refractivity contribution in [2.45, 2.75) is 0 Å². The third-order valence-corrected chi connectivity index (χ3v) is 4.71. The number of carbonyl (C=O) groups excluding carboxylic acids is 1. The Morgan fingerprint density at radius 3 is 2.75 bits per heavy atom. The summed E-state index contributed by atoms with van der Waals surface area (Å²) in [6.07, 6.45) is 0. The lowest BCUT2D eigenvalue weighted by Crippen LogP contribution is -2.10. The van der Waals surface area contributed by atoms with Gasteiger partial charge in [-0.15, -0.1) is 11.3 Å². The van der Waals surface area contributed by atoms with E-state index in [1.807, 2.05) is 53.9 Å². The quantitative estimate of drug-likeness (QED) is 0.626. The van der Waals surface area contributed by atoms with Crippen molar-refractivity contribution in [2.24, 2.45) is 0 Å². The Labute approximate surface area is 129 Å². The first-order chi connectivity index (χ1) is 9.75. The molecule has 0 N–H and O–H groups in total. The maximum absolute atomic E-state index is 11.9. The van der Waals surface area contributed by atoms with E-state index in [1.165, 1.54) is 11.3 Å². The summed E-state index contributed by atoms with van der Waals surface area (Å²) in [5.41, 5.74) is 0. The number of fused-ring (bicyclic) bond motifs is 1. The second-order valence-electron chi connectivity index (χ2n) is 4.29. The maximum Gasteiger partial charge on any atom is 0.210 e. The second kappa shape index (κ2) is 5.77. The third-order valence-electron chi connectivity index (χ3n) is 2.98. The van der Waals surface area contributed by atoms with Gasteiger partial charge in [-0.1, -0.05) is 36.4 Å². The Morgan fingerprint density at radius 2 is 1.95 bits per heavy atom. The van der Waals surface area contributed by atoms with Crippen molar-refractivity contribution in [1.82, 2.24) is 0 Å². The number of hydrogen-bond donors (Lipinski definition) is 0. The van der Waals surface area contributed by atoms with Crippen LogP contribution in [0.5, 0.6) is 5.75 Å². The van der Waals surface area contributed by atoms with Gasteiger partial charge in [0.05, 0.1) is 9.35 Å². The molecule has 0 saturated carbocycles. The number of thiophene rings is 1. The highest BCUT2D eigenvalue weighted by molar-refractivity contribution is 9.10. The van der Waals surface area contributed by atoms with E-state index in [2.05, 4.69) is 15.9 Å². The number of carbonyl (C=O) groups is 1. The Morgan fingerprint density at radius 1 is 1.10 bits per heavy atom. The number of halogens is 1. The van der Waals surface area contributed by atoms with Crippen molar-refractivity contribution in [3.63, 3.8) is 0 Å². The van der Waals surface area contributed by atoms with Gasteiger partial charge in [-0.25, -0.2) is 0 Å². The molecule has 0 amide bonds. The highest BCUT2D eigenvalue weighted by Crippen LogP contribution is 2.33. The van der Waals surface area contributed by atoms with Gasteiger partial charge in [-0.3, -0.25) is 4.79 Å². The topological polar surface area (TPSA) is 26.3 Å². The van der Waals surface area contributed by atoms with E-state index in [0.29, 0.717) is 5.75 Å². The summed E-state index contributed by atoms with van der Waals surface area (Å²) in [6.45, 7) is 0.0530. The lowest BCUT2D eigenvalue weighted by molar-refractivity contribution is 0.0925. The molecule has 2 nitrogen and oxygen atoms in total. The van der Waals surface area contributed by atoms with E-state index >= 15 is 0 Å². The van der Waals surface area contributed by atoms with E-state index in [1.54, 1.807) is 0 Å². The summed E-state index contributed by atoms with van der Waals surface area (Å²) in [4.78, 5) is 12.6. The number of ether oxygens (including phenoxy) is 1. The minimum atomic E-state index is 0.0000543. The molecule has 4 heteroatoms. The van der Waals surface area contributed by atoms with Crippen molar-refractivity contribution in [1.29, 1.82) is 0 Å². The van der Waals surface area contributed by atoms with Crippen molar-refractivity contribution in [3.05, 3.63) is 63.3 Å². The predicted octanol–water partition coefficient (Wildman–Crippen LogP) is 4.93.